The average molecular weight is 197 g/mol. The first-order valence-corrected chi connectivity index (χ1v) is 6.53. The molecule has 0 N–H and O–H groups in total. The van der Waals surface area contributed by atoms with Crippen molar-refractivity contribution in [1.82, 2.24) is 0 Å². The Morgan fingerprint density at radius 2 is 2.00 bits per heavy atom. The zero-order valence-electron chi connectivity index (χ0n) is 8.30. The van der Waals surface area contributed by atoms with Gasteiger partial charge in [-0.3, -0.25) is 0 Å². The highest BCUT2D eigenvalue weighted by atomic mass is 32.2. The van der Waals surface area contributed by atoms with E-state index in [0.29, 0.717) is 0 Å². The Kier molecular flexibility index (Phi) is 6.10. The fraction of sp³-hybridized carbons (Fsp3) is 0.909. The van der Waals surface area contributed by atoms with E-state index in [4.69, 9.17) is 5.26 Å². The molecule has 0 aromatic heterocycles. The van der Waals surface area contributed by atoms with Crippen LogP contribution in [0.5, 0.6) is 0 Å². The number of hydrogen-bond acceptors (Lipinski definition) is 2. The summed E-state index contributed by atoms with van der Waals surface area (Å²) >= 11 is 2.09. The summed E-state index contributed by atoms with van der Waals surface area (Å²) in [6, 6.07) is 2.19. The quantitative estimate of drug-likeness (QED) is 0.607. The van der Waals surface area contributed by atoms with E-state index in [1.165, 1.54) is 43.6 Å². The summed E-state index contributed by atoms with van der Waals surface area (Å²) in [6.45, 7) is 0. The van der Waals surface area contributed by atoms with E-state index in [0.717, 1.165) is 18.8 Å². The van der Waals surface area contributed by atoms with E-state index in [9.17, 15) is 0 Å². The van der Waals surface area contributed by atoms with Crippen molar-refractivity contribution >= 4 is 11.8 Å². The standard InChI is InChI=1S/C11H19NS/c12-8-4-1-5-9-13-10-11-6-2-3-7-11/h11H,1-7,9-10H2. The second-order valence-electron chi connectivity index (χ2n) is 3.84. The monoisotopic (exact) mass is 197 g/mol. The van der Waals surface area contributed by atoms with Crippen molar-refractivity contribution in [1.29, 1.82) is 5.26 Å². The van der Waals surface area contributed by atoms with Gasteiger partial charge in [-0.2, -0.15) is 17.0 Å². The molecule has 0 atom stereocenters. The maximum Gasteiger partial charge on any atom is 0.0621 e. The van der Waals surface area contributed by atoms with Gasteiger partial charge in [-0.1, -0.05) is 12.8 Å². The van der Waals surface area contributed by atoms with Crippen LogP contribution in [0.25, 0.3) is 0 Å². The van der Waals surface area contributed by atoms with Gasteiger partial charge < -0.3 is 0 Å². The van der Waals surface area contributed by atoms with Crippen LogP contribution in [0.2, 0.25) is 0 Å². The van der Waals surface area contributed by atoms with Crippen LogP contribution >= 0.6 is 11.8 Å². The van der Waals surface area contributed by atoms with Gasteiger partial charge in [0.25, 0.3) is 0 Å². The summed E-state index contributed by atoms with van der Waals surface area (Å²) in [4.78, 5) is 0. The van der Waals surface area contributed by atoms with Gasteiger partial charge in [-0.15, -0.1) is 0 Å². The normalized spacial score (nSPS) is 17.5. The third-order valence-corrected chi connectivity index (χ3v) is 3.94. The van der Waals surface area contributed by atoms with E-state index in [-0.39, 0.29) is 0 Å². The summed E-state index contributed by atoms with van der Waals surface area (Å²) in [7, 11) is 0. The van der Waals surface area contributed by atoms with Gasteiger partial charge >= 0.3 is 0 Å². The van der Waals surface area contributed by atoms with Crippen molar-refractivity contribution in [3.63, 3.8) is 0 Å². The molecule has 0 unspecified atom stereocenters. The molecule has 0 saturated heterocycles. The number of thioether (sulfide) groups is 1. The second-order valence-corrected chi connectivity index (χ2v) is 4.99. The fourth-order valence-electron chi connectivity index (χ4n) is 1.84. The van der Waals surface area contributed by atoms with Crippen LogP contribution in [0.1, 0.15) is 44.9 Å². The molecule has 0 amide bonds. The minimum absolute atomic E-state index is 0.740. The lowest BCUT2D eigenvalue weighted by atomic mass is 10.1. The van der Waals surface area contributed by atoms with Crippen molar-refractivity contribution in [3.8, 4) is 6.07 Å². The summed E-state index contributed by atoms with van der Waals surface area (Å²) < 4.78 is 0. The second kappa shape index (κ2) is 7.26. The Hall–Kier alpha value is -0.160. The van der Waals surface area contributed by atoms with Gasteiger partial charge in [-0.25, -0.2) is 0 Å². The molecule has 1 rings (SSSR count). The lowest BCUT2D eigenvalue weighted by Crippen LogP contribution is -1.97. The molecular weight excluding hydrogens is 178 g/mol. The molecule has 1 aliphatic rings. The van der Waals surface area contributed by atoms with Crippen LogP contribution in [0.3, 0.4) is 0 Å². The Balaban J connectivity index is 1.81. The van der Waals surface area contributed by atoms with Gasteiger partial charge in [0.1, 0.15) is 0 Å². The summed E-state index contributed by atoms with van der Waals surface area (Å²) in [5.41, 5.74) is 0. The molecule has 13 heavy (non-hydrogen) atoms. The molecule has 0 bridgehead atoms. The fourth-order valence-corrected chi connectivity index (χ4v) is 3.08. The SMILES string of the molecule is N#CCCCCSCC1CCCC1. The van der Waals surface area contributed by atoms with Gasteiger partial charge in [0.05, 0.1) is 6.07 Å². The van der Waals surface area contributed by atoms with E-state index in [1.54, 1.807) is 0 Å². The summed E-state index contributed by atoms with van der Waals surface area (Å²) in [6.07, 6.45) is 8.90. The minimum Gasteiger partial charge on any atom is -0.198 e. The predicted octanol–water partition coefficient (Wildman–Crippen LogP) is 3.60. The number of rotatable bonds is 6. The molecule has 74 valence electrons. The molecule has 0 aliphatic heterocycles. The van der Waals surface area contributed by atoms with Crippen LogP contribution in [-0.2, 0) is 0 Å². The third-order valence-electron chi connectivity index (χ3n) is 2.66. The van der Waals surface area contributed by atoms with Gasteiger partial charge in [0.15, 0.2) is 0 Å². The number of hydrogen-bond donors (Lipinski definition) is 0. The maximum atomic E-state index is 8.34. The van der Waals surface area contributed by atoms with E-state index < -0.39 is 0 Å². The number of nitriles is 1. The molecule has 1 fully saturated rings. The Morgan fingerprint density at radius 3 is 2.69 bits per heavy atom. The molecule has 0 heterocycles. The Labute approximate surface area is 85.9 Å². The van der Waals surface area contributed by atoms with Crippen LogP contribution in [0.4, 0.5) is 0 Å². The lowest BCUT2D eigenvalue weighted by molar-refractivity contribution is 0.622. The average Bonchev–Trinajstić information content (AvgIpc) is 2.63. The molecule has 1 aliphatic carbocycles. The van der Waals surface area contributed by atoms with Crippen LogP contribution in [0.15, 0.2) is 0 Å². The Morgan fingerprint density at radius 1 is 1.23 bits per heavy atom. The van der Waals surface area contributed by atoms with Crippen LogP contribution in [0, 0.1) is 17.2 Å². The molecule has 0 radical (unpaired) electrons. The molecule has 0 spiro atoms. The van der Waals surface area contributed by atoms with Crippen molar-refractivity contribution < 1.29 is 0 Å². The summed E-state index contributed by atoms with van der Waals surface area (Å²) in [5.74, 6) is 3.64. The molecule has 2 heteroatoms. The predicted molar refractivity (Wildman–Crippen MR) is 58.7 cm³/mol. The zero-order chi connectivity index (χ0) is 9.36. The molecule has 1 nitrogen and oxygen atoms in total. The first-order chi connectivity index (χ1) is 6.43. The highest BCUT2D eigenvalue weighted by Gasteiger charge is 2.13. The van der Waals surface area contributed by atoms with Crippen molar-refractivity contribution in [2.75, 3.05) is 11.5 Å². The van der Waals surface area contributed by atoms with E-state index >= 15 is 0 Å². The topological polar surface area (TPSA) is 23.8 Å². The molecule has 0 aromatic carbocycles. The van der Waals surface area contributed by atoms with Gasteiger partial charge in [0, 0.05) is 6.42 Å². The first-order valence-electron chi connectivity index (χ1n) is 5.38. The first kappa shape index (κ1) is 10.9. The molecule has 0 aromatic rings. The van der Waals surface area contributed by atoms with Crippen molar-refractivity contribution in [2.45, 2.75) is 44.9 Å². The highest BCUT2D eigenvalue weighted by molar-refractivity contribution is 7.99. The Bertz CT molecular complexity index is 156. The maximum absolute atomic E-state index is 8.34. The largest absolute Gasteiger partial charge is 0.198 e. The lowest BCUT2D eigenvalue weighted by Gasteiger charge is -2.07. The van der Waals surface area contributed by atoms with Crippen molar-refractivity contribution in [2.24, 2.45) is 5.92 Å². The third kappa shape index (κ3) is 5.21. The van der Waals surface area contributed by atoms with Crippen LogP contribution in [-0.4, -0.2) is 11.5 Å². The van der Waals surface area contributed by atoms with E-state index in [1.807, 2.05) is 0 Å². The molecule has 1 saturated carbocycles. The zero-order valence-corrected chi connectivity index (χ0v) is 9.11. The summed E-state index contributed by atoms with van der Waals surface area (Å²) in [5, 5.41) is 8.34. The minimum atomic E-state index is 0.740. The van der Waals surface area contributed by atoms with Crippen molar-refractivity contribution in [3.05, 3.63) is 0 Å². The van der Waals surface area contributed by atoms with E-state index in [2.05, 4.69) is 17.8 Å². The van der Waals surface area contributed by atoms with Crippen LogP contribution < -0.4 is 0 Å². The van der Waals surface area contributed by atoms with Gasteiger partial charge in [-0.05, 0) is 43.1 Å². The molecular formula is C11H19NS. The smallest absolute Gasteiger partial charge is 0.0621 e. The van der Waals surface area contributed by atoms with Gasteiger partial charge in [0.2, 0.25) is 0 Å². The highest BCUT2D eigenvalue weighted by Crippen LogP contribution is 2.28. The number of unbranched alkanes of at least 4 members (excludes halogenated alkanes) is 2. The number of nitrogens with zero attached hydrogens (tertiary/aromatic N) is 1.